The monoisotopic (exact) mass is 250 g/mol. The molecule has 3 nitrogen and oxygen atoms in total. The smallest absolute Gasteiger partial charge is 0.118 e. The fraction of sp³-hybridized carbons (Fsp3) is 0.600. The highest BCUT2D eigenvalue weighted by Crippen LogP contribution is 2.43. The van der Waals surface area contributed by atoms with Gasteiger partial charge in [0.15, 0.2) is 0 Å². The van der Waals surface area contributed by atoms with Crippen LogP contribution in [-0.2, 0) is 11.3 Å². The Morgan fingerprint density at radius 1 is 1.33 bits per heavy atom. The number of benzene rings is 1. The van der Waals surface area contributed by atoms with E-state index in [0.717, 1.165) is 24.3 Å². The molecule has 0 aromatic heterocycles. The van der Waals surface area contributed by atoms with Crippen LogP contribution in [0, 0.1) is 17.8 Å². The summed E-state index contributed by atoms with van der Waals surface area (Å²) in [6.45, 7) is 3.94. The molecule has 1 aromatic rings. The average molecular weight is 250 g/mol. The molecule has 0 amide bonds. The molecule has 0 spiro atoms. The van der Waals surface area contributed by atoms with Crippen molar-refractivity contribution >= 4 is 0 Å². The number of aliphatic hydroxyl groups excluding tert-OH is 1. The van der Waals surface area contributed by atoms with Gasteiger partial charge in [0.05, 0.1) is 13.7 Å². The van der Waals surface area contributed by atoms with Crippen molar-refractivity contribution in [3.63, 3.8) is 0 Å². The zero-order valence-corrected chi connectivity index (χ0v) is 11.1. The Morgan fingerprint density at radius 3 is 2.61 bits per heavy atom. The lowest BCUT2D eigenvalue weighted by molar-refractivity contribution is 0.0823. The summed E-state index contributed by atoms with van der Waals surface area (Å²) in [5.74, 6) is 2.59. The van der Waals surface area contributed by atoms with Gasteiger partial charge < -0.3 is 14.6 Å². The summed E-state index contributed by atoms with van der Waals surface area (Å²) in [7, 11) is 1.67. The largest absolute Gasteiger partial charge is 0.497 e. The average Bonchev–Trinajstić information content (AvgIpc) is 3.19. The van der Waals surface area contributed by atoms with Gasteiger partial charge in [-0.2, -0.15) is 0 Å². The molecule has 3 atom stereocenters. The first-order valence-corrected chi connectivity index (χ1v) is 6.56. The zero-order valence-electron chi connectivity index (χ0n) is 11.1. The molecule has 3 heteroatoms. The quantitative estimate of drug-likeness (QED) is 0.808. The van der Waals surface area contributed by atoms with Gasteiger partial charge >= 0.3 is 0 Å². The minimum atomic E-state index is 0.327. The number of hydrogen-bond donors (Lipinski definition) is 1. The van der Waals surface area contributed by atoms with Crippen molar-refractivity contribution < 1.29 is 14.6 Å². The first kappa shape index (κ1) is 13.4. The van der Waals surface area contributed by atoms with Crippen LogP contribution in [0.4, 0.5) is 0 Å². The molecule has 1 aliphatic rings. The van der Waals surface area contributed by atoms with Gasteiger partial charge in [-0.15, -0.1) is 0 Å². The Hall–Kier alpha value is -1.06. The van der Waals surface area contributed by atoms with Crippen LogP contribution in [-0.4, -0.2) is 25.4 Å². The van der Waals surface area contributed by atoms with E-state index in [-0.39, 0.29) is 0 Å². The minimum Gasteiger partial charge on any atom is -0.497 e. The molecule has 0 radical (unpaired) electrons. The second-order valence-electron chi connectivity index (χ2n) is 5.18. The van der Waals surface area contributed by atoms with E-state index in [1.165, 1.54) is 0 Å². The molecule has 18 heavy (non-hydrogen) atoms. The topological polar surface area (TPSA) is 38.7 Å². The third-order valence-electron chi connectivity index (χ3n) is 3.75. The summed E-state index contributed by atoms with van der Waals surface area (Å²) in [5.41, 5.74) is 1.16. The van der Waals surface area contributed by atoms with Gasteiger partial charge in [0.25, 0.3) is 0 Å². The van der Waals surface area contributed by atoms with Crippen molar-refractivity contribution in [3.8, 4) is 5.75 Å². The van der Waals surface area contributed by atoms with Crippen LogP contribution in [0.15, 0.2) is 24.3 Å². The van der Waals surface area contributed by atoms with E-state index in [1.807, 2.05) is 24.3 Å². The van der Waals surface area contributed by atoms with Gasteiger partial charge in [-0.3, -0.25) is 0 Å². The standard InChI is InChI=1S/C15H22O3/c1-11(15-7-13(15)8-16)9-18-10-12-3-5-14(17-2)6-4-12/h3-6,11,13,15-16H,7-10H2,1-2H3/t11-,13+,15-/m0/s1. The predicted octanol–water partition coefficient (Wildman–Crippen LogP) is 2.48. The lowest BCUT2D eigenvalue weighted by atomic mass is 10.1. The molecule has 0 heterocycles. The molecule has 1 aromatic carbocycles. The van der Waals surface area contributed by atoms with Gasteiger partial charge in [0.1, 0.15) is 5.75 Å². The Kier molecular flexibility index (Phi) is 4.61. The summed E-state index contributed by atoms with van der Waals surface area (Å²) < 4.78 is 10.8. The van der Waals surface area contributed by atoms with E-state index in [2.05, 4.69) is 6.92 Å². The lowest BCUT2D eigenvalue weighted by Crippen LogP contribution is -2.10. The van der Waals surface area contributed by atoms with E-state index in [1.54, 1.807) is 7.11 Å². The van der Waals surface area contributed by atoms with Crippen LogP contribution < -0.4 is 4.74 Å². The third kappa shape index (κ3) is 3.47. The van der Waals surface area contributed by atoms with Crippen molar-refractivity contribution in [3.05, 3.63) is 29.8 Å². The third-order valence-corrected chi connectivity index (χ3v) is 3.75. The number of hydrogen-bond acceptors (Lipinski definition) is 3. The summed E-state index contributed by atoms with van der Waals surface area (Å²) in [6, 6.07) is 7.95. The molecule has 1 saturated carbocycles. The first-order chi connectivity index (χ1) is 8.74. The molecule has 1 fully saturated rings. The highest BCUT2D eigenvalue weighted by atomic mass is 16.5. The Bertz CT molecular complexity index is 361. The van der Waals surface area contributed by atoms with E-state index in [0.29, 0.717) is 31.0 Å². The van der Waals surface area contributed by atoms with Crippen molar-refractivity contribution in [2.45, 2.75) is 20.0 Å². The van der Waals surface area contributed by atoms with Crippen molar-refractivity contribution in [2.24, 2.45) is 17.8 Å². The Balaban J connectivity index is 1.68. The summed E-state index contributed by atoms with van der Waals surface area (Å²) in [4.78, 5) is 0. The molecule has 0 aliphatic heterocycles. The predicted molar refractivity (Wildman–Crippen MR) is 70.5 cm³/mol. The molecule has 0 bridgehead atoms. The van der Waals surface area contributed by atoms with Gasteiger partial charge in [-0.1, -0.05) is 19.1 Å². The van der Waals surface area contributed by atoms with Crippen molar-refractivity contribution in [1.29, 1.82) is 0 Å². The van der Waals surface area contributed by atoms with Gasteiger partial charge in [0, 0.05) is 13.2 Å². The van der Waals surface area contributed by atoms with Crippen molar-refractivity contribution in [1.82, 2.24) is 0 Å². The first-order valence-electron chi connectivity index (χ1n) is 6.56. The van der Waals surface area contributed by atoms with Crippen LogP contribution >= 0.6 is 0 Å². The summed E-state index contributed by atoms with van der Waals surface area (Å²) in [5, 5.41) is 9.03. The van der Waals surface area contributed by atoms with Crippen LogP contribution in [0.1, 0.15) is 18.9 Å². The molecule has 100 valence electrons. The minimum absolute atomic E-state index is 0.327. The van der Waals surface area contributed by atoms with Gasteiger partial charge in [-0.25, -0.2) is 0 Å². The molecular weight excluding hydrogens is 228 g/mol. The zero-order chi connectivity index (χ0) is 13.0. The molecule has 2 rings (SSSR count). The van der Waals surface area contributed by atoms with Crippen LogP contribution in [0.3, 0.4) is 0 Å². The second kappa shape index (κ2) is 6.21. The van der Waals surface area contributed by atoms with Crippen LogP contribution in [0.25, 0.3) is 0 Å². The molecule has 1 aliphatic carbocycles. The van der Waals surface area contributed by atoms with Crippen LogP contribution in [0.5, 0.6) is 5.75 Å². The molecule has 1 N–H and O–H groups in total. The number of methoxy groups -OCH3 is 1. The lowest BCUT2D eigenvalue weighted by Gasteiger charge is -2.11. The Labute approximate surface area is 109 Å². The Morgan fingerprint density at radius 2 is 2.06 bits per heavy atom. The maximum absolute atomic E-state index is 9.03. The van der Waals surface area contributed by atoms with E-state index < -0.39 is 0 Å². The number of aliphatic hydroxyl groups is 1. The number of rotatable bonds is 7. The van der Waals surface area contributed by atoms with Gasteiger partial charge in [0.2, 0.25) is 0 Å². The SMILES string of the molecule is COc1ccc(COC[C@H](C)[C@@H]2C[C@@H]2CO)cc1. The van der Waals surface area contributed by atoms with Crippen molar-refractivity contribution in [2.75, 3.05) is 20.3 Å². The van der Waals surface area contributed by atoms with E-state index >= 15 is 0 Å². The fourth-order valence-electron chi connectivity index (χ4n) is 2.39. The number of ether oxygens (including phenoxy) is 2. The normalized spacial score (nSPS) is 23.7. The maximum Gasteiger partial charge on any atom is 0.118 e. The molecular formula is C15H22O3. The summed E-state index contributed by atoms with van der Waals surface area (Å²) in [6.07, 6.45) is 1.16. The molecule has 0 saturated heterocycles. The highest BCUT2D eigenvalue weighted by Gasteiger charge is 2.40. The molecule has 0 unspecified atom stereocenters. The fourth-order valence-corrected chi connectivity index (χ4v) is 2.39. The second-order valence-corrected chi connectivity index (χ2v) is 5.18. The highest BCUT2D eigenvalue weighted by molar-refractivity contribution is 5.26. The van der Waals surface area contributed by atoms with E-state index in [9.17, 15) is 0 Å². The van der Waals surface area contributed by atoms with Crippen LogP contribution in [0.2, 0.25) is 0 Å². The van der Waals surface area contributed by atoms with Gasteiger partial charge in [-0.05, 0) is 41.9 Å². The maximum atomic E-state index is 9.03. The van der Waals surface area contributed by atoms with E-state index in [4.69, 9.17) is 14.6 Å². The summed E-state index contributed by atoms with van der Waals surface area (Å²) >= 11 is 0.